The highest BCUT2D eigenvalue weighted by Crippen LogP contribution is 2.30. The highest BCUT2D eigenvalue weighted by Gasteiger charge is 2.10. The largest absolute Gasteiger partial charge is 0.489 e. The van der Waals surface area contributed by atoms with E-state index >= 15 is 0 Å². The number of ether oxygens (including phenoxy) is 1. The molecular weight excluding hydrogens is 580 g/mol. The minimum absolute atomic E-state index is 0.0962. The quantitative estimate of drug-likeness (QED) is 0.204. The minimum Gasteiger partial charge on any atom is -0.489 e. The minimum atomic E-state index is -2.98. The van der Waals surface area contributed by atoms with E-state index in [0.29, 0.717) is 18.9 Å². The molecule has 2 aromatic heterocycles. The van der Waals surface area contributed by atoms with Crippen LogP contribution in [0.2, 0.25) is 0 Å². The van der Waals surface area contributed by atoms with E-state index in [2.05, 4.69) is 48.7 Å². The van der Waals surface area contributed by atoms with E-state index in [1.54, 1.807) is 0 Å². The van der Waals surface area contributed by atoms with Crippen LogP contribution in [0.25, 0.3) is 22.2 Å². The average Bonchev–Trinajstić information content (AvgIpc) is 3.41. The predicted octanol–water partition coefficient (Wildman–Crippen LogP) is 6.11. The number of nitrogens with zero attached hydrogens (tertiary/aromatic N) is 2. The van der Waals surface area contributed by atoms with Gasteiger partial charge in [-0.3, -0.25) is 0 Å². The molecule has 0 spiro atoms. The molecule has 2 N–H and O–H groups in total. The zero-order chi connectivity index (χ0) is 27.2. The maximum Gasteiger partial charge on any atom is 0.148 e. The Bertz CT molecular complexity index is 1660. The van der Waals surface area contributed by atoms with Crippen molar-refractivity contribution in [2.24, 2.45) is 0 Å². The number of aromatic nitrogens is 2. The van der Waals surface area contributed by atoms with Gasteiger partial charge in [0.15, 0.2) is 0 Å². The van der Waals surface area contributed by atoms with Crippen molar-refractivity contribution in [2.75, 3.05) is 23.9 Å². The SMILES string of the molecule is CS(=O)(=O)CCNCc1ccc(-c2ccc3ncnc(Nc4cccc(Br)c4)c3c2)o1.c1cc2ccc1CO2. The van der Waals surface area contributed by atoms with Crippen LogP contribution in [-0.4, -0.2) is 36.9 Å². The third kappa shape index (κ3) is 7.44. The van der Waals surface area contributed by atoms with Crippen LogP contribution in [0.1, 0.15) is 11.3 Å². The number of fused-ring (bicyclic) bond motifs is 4. The third-order valence-corrected chi connectivity index (χ3v) is 7.39. The van der Waals surface area contributed by atoms with E-state index in [4.69, 9.17) is 9.15 Å². The molecule has 200 valence electrons. The molecule has 8 nitrogen and oxygen atoms in total. The first-order valence-electron chi connectivity index (χ1n) is 12.3. The molecule has 7 rings (SSSR count). The smallest absolute Gasteiger partial charge is 0.148 e. The van der Waals surface area contributed by atoms with Crippen LogP contribution < -0.4 is 15.4 Å². The van der Waals surface area contributed by atoms with Gasteiger partial charge in [-0.05, 0) is 66.2 Å². The molecule has 0 saturated heterocycles. The molecule has 5 aromatic rings. The third-order valence-electron chi connectivity index (χ3n) is 5.95. The molecule has 0 aliphatic carbocycles. The van der Waals surface area contributed by atoms with Gasteiger partial charge in [-0.1, -0.05) is 34.1 Å². The average molecular weight is 608 g/mol. The second-order valence-electron chi connectivity index (χ2n) is 9.09. The molecule has 4 heterocycles. The van der Waals surface area contributed by atoms with Gasteiger partial charge in [0.25, 0.3) is 0 Å². The molecule has 0 fully saturated rings. The van der Waals surface area contributed by atoms with Crippen molar-refractivity contribution in [3.63, 3.8) is 0 Å². The number of rotatable bonds is 8. The van der Waals surface area contributed by atoms with Crippen molar-refractivity contribution in [3.05, 3.63) is 101 Å². The van der Waals surface area contributed by atoms with Crippen molar-refractivity contribution in [3.8, 4) is 17.1 Å². The molecule has 3 aromatic carbocycles. The summed E-state index contributed by atoms with van der Waals surface area (Å²) in [5.41, 5.74) is 3.91. The van der Waals surface area contributed by atoms with Crippen LogP contribution in [0.4, 0.5) is 11.5 Å². The first kappa shape index (κ1) is 26.9. The number of hydrogen-bond donors (Lipinski definition) is 2. The number of nitrogens with one attached hydrogen (secondary N) is 2. The van der Waals surface area contributed by atoms with Crippen LogP contribution >= 0.6 is 15.9 Å². The fraction of sp³-hybridized carbons (Fsp3) is 0.172. The number of benzene rings is 3. The Morgan fingerprint density at radius 3 is 2.49 bits per heavy atom. The van der Waals surface area contributed by atoms with Gasteiger partial charge in [0.2, 0.25) is 0 Å². The molecule has 0 radical (unpaired) electrons. The van der Waals surface area contributed by atoms with E-state index < -0.39 is 9.84 Å². The van der Waals surface area contributed by atoms with Gasteiger partial charge in [0.05, 0.1) is 17.8 Å². The summed E-state index contributed by atoms with van der Waals surface area (Å²) in [6.45, 7) is 1.61. The second-order valence-corrected chi connectivity index (χ2v) is 12.3. The molecule has 39 heavy (non-hydrogen) atoms. The van der Waals surface area contributed by atoms with Gasteiger partial charge in [-0.2, -0.15) is 0 Å². The van der Waals surface area contributed by atoms with Gasteiger partial charge < -0.3 is 19.8 Å². The van der Waals surface area contributed by atoms with Gasteiger partial charge in [0, 0.05) is 33.9 Å². The van der Waals surface area contributed by atoms with Crippen molar-refractivity contribution in [2.45, 2.75) is 13.2 Å². The van der Waals surface area contributed by atoms with Gasteiger partial charge in [-0.15, -0.1) is 0 Å². The molecule has 0 saturated carbocycles. The lowest BCUT2D eigenvalue weighted by atomic mass is 10.1. The highest BCUT2D eigenvalue weighted by atomic mass is 79.9. The fourth-order valence-corrected chi connectivity index (χ4v) is 4.87. The van der Waals surface area contributed by atoms with Crippen LogP contribution in [-0.2, 0) is 23.0 Å². The second kappa shape index (κ2) is 12.0. The Morgan fingerprint density at radius 1 is 0.974 bits per heavy atom. The summed E-state index contributed by atoms with van der Waals surface area (Å²) in [4.78, 5) is 8.77. The number of sulfone groups is 1. The molecule has 2 aliphatic rings. The highest BCUT2D eigenvalue weighted by molar-refractivity contribution is 9.10. The van der Waals surface area contributed by atoms with E-state index in [1.165, 1.54) is 18.1 Å². The number of halogens is 1. The lowest BCUT2D eigenvalue weighted by molar-refractivity contribution is 0.295. The zero-order valence-electron chi connectivity index (χ0n) is 21.2. The van der Waals surface area contributed by atoms with E-state index in [9.17, 15) is 8.42 Å². The summed E-state index contributed by atoms with van der Waals surface area (Å²) in [7, 11) is -2.98. The Morgan fingerprint density at radius 2 is 1.82 bits per heavy atom. The van der Waals surface area contributed by atoms with E-state index in [0.717, 1.165) is 50.5 Å². The first-order valence-corrected chi connectivity index (χ1v) is 15.1. The summed E-state index contributed by atoms with van der Waals surface area (Å²) >= 11 is 3.48. The monoisotopic (exact) mass is 606 g/mol. The van der Waals surface area contributed by atoms with Crippen LogP contribution in [0.3, 0.4) is 0 Å². The van der Waals surface area contributed by atoms with Crippen molar-refractivity contribution < 1.29 is 17.6 Å². The number of anilines is 2. The number of furan rings is 1. The summed E-state index contributed by atoms with van der Waals surface area (Å²) in [5, 5.41) is 7.31. The Balaban J connectivity index is 0.000000325. The van der Waals surface area contributed by atoms with Crippen molar-refractivity contribution in [1.82, 2.24) is 15.3 Å². The summed E-state index contributed by atoms with van der Waals surface area (Å²) in [6.07, 6.45) is 2.76. The molecule has 0 atom stereocenters. The van der Waals surface area contributed by atoms with Gasteiger partial charge >= 0.3 is 0 Å². The lowest BCUT2D eigenvalue weighted by Gasteiger charge is -2.11. The standard InChI is InChI=1S/C22H21BrN4O3S.C7H6O/c1-31(28,29)10-9-24-13-18-6-8-21(30-18)15-5-7-20-19(11-15)22(26-14-25-20)27-17-4-2-3-16(23)12-17;1-3-7-4-2-6(1)5-8-7/h2-8,11-12,14,24H,9-10,13H2,1H3,(H,25,26,27);1-4H,5H2. The molecular formula is C29H27BrN4O4S. The summed E-state index contributed by atoms with van der Waals surface area (Å²) in [6, 6.07) is 25.7. The van der Waals surface area contributed by atoms with Gasteiger partial charge in [0.1, 0.15) is 45.9 Å². The molecule has 2 aliphatic heterocycles. The van der Waals surface area contributed by atoms with Crippen LogP contribution in [0.5, 0.6) is 5.75 Å². The Kier molecular flexibility index (Phi) is 8.25. The lowest BCUT2D eigenvalue weighted by Crippen LogP contribution is -2.21. The number of hydrogen-bond acceptors (Lipinski definition) is 8. The molecule has 0 unspecified atom stereocenters. The van der Waals surface area contributed by atoms with E-state index in [1.807, 2.05) is 66.7 Å². The normalized spacial score (nSPS) is 12.1. The van der Waals surface area contributed by atoms with E-state index in [-0.39, 0.29) is 5.75 Å². The maximum atomic E-state index is 11.2. The summed E-state index contributed by atoms with van der Waals surface area (Å²) < 4.78 is 34.5. The van der Waals surface area contributed by atoms with Crippen LogP contribution in [0, 0.1) is 0 Å². The van der Waals surface area contributed by atoms with Gasteiger partial charge in [-0.25, -0.2) is 18.4 Å². The van der Waals surface area contributed by atoms with Crippen LogP contribution in [0.15, 0.2) is 94.1 Å². The predicted molar refractivity (Wildman–Crippen MR) is 157 cm³/mol. The molecule has 2 bridgehead atoms. The summed E-state index contributed by atoms with van der Waals surface area (Å²) in [5.74, 6) is 3.25. The van der Waals surface area contributed by atoms with Crippen molar-refractivity contribution in [1.29, 1.82) is 0 Å². The Hall–Kier alpha value is -3.73. The maximum absolute atomic E-state index is 11.2. The first-order chi connectivity index (χ1) is 18.8. The Labute approximate surface area is 235 Å². The molecule has 0 amide bonds. The zero-order valence-corrected chi connectivity index (χ0v) is 23.6. The molecule has 10 heteroatoms. The fourth-order valence-electron chi connectivity index (χ4n) is 3.96. The topological polar surface area (TPSA) is 106 Å². The van der Waals surface area contributed by atoms with Crippen molar-refractivity contribution >= 4 is 48.2 Å².